The van der Waals surface area contributed by atoms with Gasteiger partial charge in [0.25, 0.3) is 5.91 Å². The van der Waals surface area contributed by atoms with Crippen LogP contribution in [0.2, 0.25) is 0 Å². The second-order valence-corrected chi connectivity index (χ2v) is 9.80. The highest BCUT2D eigenvalue weighted by molar-refractivity contribution is 7.89. The first-order valence-electron chi connectivity index (χ1n) is 10.8. The van der Waals surface area contributed by atoms with Crippen molar-refractivity contribution in [2.24, 2.45) is 0 Å². The van der Waals surface area contributed by atoms with Crippen molar-refractivity contribution in [3.63, 3.8) is 0 Å². The molecule has 32 heavy (non-hydrogen) atoms. The minimum atomic E-state index is -3.84. The smallest absolute Gasteiger partial charge is 0.255 e. The van der Waals surface area contributed by atoms with E-state index in [-0.39, 0.29) is 28.2 Å². The number of carbonyl (C=O) groups is 2. The van der Waals surface area contributed by atoms with Crippen LogP contribution < -0.4 is 19.7 Å². The number of nitrogens with one attached hydrogen (secondary N) is 2. The van der Waals surface area contributed by atoms with Gasteiger partial charge in [-0.1, -0.05) is 18.9 Å². The lowest BCUT2D eigenvalue weighted by Gasteiger charge is -2.17. The first-order valence-corrected chi connectivity index (χ1v) is 12.3. The summed E-state index contributed by atoms with van der Waals surface area (Å²) in [6.07, 6.45) is 4.93. The minimum Gasteiger partial charge on any atom is -0.495 e. The van der Waals surface area contributed by atoms with Gasteiger partial charge in [-0.3, -0.25) is 9.59 Å². The Morgan fingerprint density at radius 3 is 2.56 bits per heavy atom. The molecule has 9 heteroatoms. The van der Waals surface area contributed by atoms with Gasteiger partial charge < -0.3 is 15.0 Å². The zero-order chi connectivity index (χ0) is 22.7. The van der Waals surface area contributed by atoms with Crippen molar-refractivity contribution in [3.8, 4) is 5.75 Å². The quantitative estimate of drug-likeness (QED) is 0.664. The molecule has 0 atom stereocenters. The van der Waals surface area contributed by atoms with Crippen molar-refractivity contribution in [1.82, 2.24) is 4.72 Å². The summed E-state index contributed by atoms with van der Waals surface area (Å²) < 4.78 is 33.9. The van der Waals surface area contributed by atoms with Gasteiger partial charge in [0.1, 0.15) is 10.6 Å². The molecule has 0 bridgehead atoms. The van der Waals surface area contributed by atoms with Crippen LogP contribution in [0.25, 0.3) is 0 Å². The van der Waals surface area contributed by atoms with E-state index in [2.05, 4.69) is 10.0 Å². The van der Waals surface area contributed by atoms with Crippen molar-refractivity contribution in [2.45, 2.75) is 49.5 Å². The third-order valence-electron chi connectivity index (χ3n) is 5.88. The number of hydrogen-bond donors (Lipinski definition) is 2. The lowest BCUT2D eigenvalue weighted by Crippen LogP contribution is -2.33. The van der Waals surface area contributed by atoms with Crippen LogP contribution in [-0.4, -0.2) is 39.9 Å². The van der Waals surface area contributed by atoms with Crippen LogP contribution in [0, 0.1) is 0 Å². The van der Waals surface area contributed by atoms with Gasteiger partial charge in [0, 0.05) is 35.9 Å². The highest BCUT2D eigenvalue weighted by Gasteiger charge is 2.27. The van der Waals surface area contributed by atoms with Gasteiger partial charge >= 0.3 is 0 Å². The van der Waals surface area contributed by atoms with E-state index in [4.69, 9.17) is 4.74 Å². The molecule has 2 fully saturated rings. The third kappa shape index (κ3) is 4.78. The molecule has 2 aliphatic rings. The average molecular weight is 458 g/mol. The van der Waals surface area contributed by atoms with Gasteiger partial charge in [-0.2, -0.15) is 0 Å². The van der Waals surface area contributed by atoms with Gasteiger partial charge in [-0.05, 0) is 55.7 Å². The van der Waals surface area contributed by atoms with Crippen LogP contribution in [-0.2, 0) is 14.8 Å². The molecule has 1 heterocycles. The number of methoxy groups -OCH3 is 1. The normalized spacial score (nSPS) is 17.0. The zero-order valence-corrected chi connectivity index (χ0v) is 18.8. The fraction of sp³-hybridized carbons (Fsp3) is 0.391. The van der Waals surface area contributed by atoms with Crippen LogP contribution in [0.3, 0.4) is 0 Å². The van der Waals surface area contributed by atoms with E-state index in [1.54, 1.807) is 23.1 Å². The van der Waals surface area contributed by atoms with Crippen molar-refractivity contribution in [1.29, 1.82) is 0 Å². The fourth-order valence-corrected chi connectivity index (χ4v) is 5.73. The molecule has 1 aliphatic heterocycles. The lowest BCUT2D eigenvalue weighted by molar-refractivity contribution is -0.117. The molecule has 4 rings (SSSR count). The molecule has 1 aliphatic carbocycles. The van der Waals surface area contributed by atoms with E-state index in [0.717, 1.165) is 37.8 Å². The topological polar surface area (TPSA) is 105 Å². The summed E-state index contributed by atoms with van der Waals surface area (Å²) in [4.78, 5) is 26.5. The summed E-state index contributed by atoms with van der Waals surface area (Å²) in [5.74, 6) is -0.204. The number of anilines is 2. The molecular formula is C23H27N3O5S. The number of rotatable bonds is 7. The highest BCUT2D eigenvalue weighted by atomic mass is 32.2. The Hall–Kier alpha value is -2.91. The first kappa shape index (κ1) is 22.3. The Balaban J connectivity index is 1.55. The SMILES string of the molecule is COc1ccc(C(=O)Nc2cccc(N3CCCC3=O)c2)cc1S(=O)(=O)NC1CCCC1. The number of hydrogen-bond acceptors (Lipinski definition) is 5. The maximum Gasteiger partial charge on any atom is 0.255 e. The van der Waals surface area contributed by atoms with E-state index in [1.807, 2.05) is 6.07 Å². The summed E-state index contributed by atoms with van der Waals surface area (Å²) in [7, 11) is -2.44. The zero-order valence-electron chi connectivity index (χ0n) is 18.0. The average Bonchev–Trinajstić information content (AvgIpc) is 3.44. The second-order valence-electron chi connectivity index (χ2n) is 8.12. The second kappa shape index (κ2) is 9.30. The first-order chi connectivity index (χ1) is 15.4. The summed E-state index contributed by atoms with van der Waals surface area (Å²) in [6.45, 7) is 0.657. The van der Waals surface area contributed by atoms with E-state index in [9.17, 15) is 18.0 Å². The van der Waals surface area contributed by atoms with Crippen LogP contribution in [0.1, 0.15) is 48.9 Å². The molecule has 1 saturated carbocycles. The minimum absolute atomic E-state index is 0.0593. The van der Waals surface area contributed by atoms with Gasteiger partial charge in [0.15, 0.2) is 0 Å². The molecule has 170 valence electrons. The highest BCUT2D eigenvalue weighted by Crippen LogP contribution is 2.28. The van der Waals surface area contributed by atoms with E-state index < -0.39 is 15.9 Å². The van der Waals surface area contributed by atoms with E-state index in [0.29, 0.717) is 18.7 Å². The van der Waals surface area contributed by atoms with Crippen molar-refractivity contribution < 1.29 is 22.7 Å². The Kier molecular flexibility index (Phi) is 6.48. The molecule has 0 aromatic heterocycles. The maximum absolute atomic E-state index is 13.0. The van der Waals surface area contributed by atoms with Gasteiger partial charge in [0.05, 0.1) is 7.11 Å². The molecule has 8 nitrogen and oxygen atoms in total. The van der Waals surface area contributed by atoms with Gasteiger partial charge in [0.2, 0.25) is 15.9 Å². The number of sulfonamides is 1. The van der Waals surface area contributed by atoms with Gasteiger partial charge in [-0.15, -0.1) is 0 Å². The largest absolute Gasteiger partial charge is 0.495 e. The van der Waals surface area contributed by atoms with Crippen LogP contribution in [0.5, 0.6) is 5.75 Å². The molecule has 0 spiro atoms. The number of nitrogens with zero attached hydrogens (tertiary/aromatic N) is 1. The summed E-state index contributed by atoms with van der Waals surface area (Å²) in [5, 5.41) is 2.79. The maximum atomic E-state index is 13.0. The number of carbonyl (C=O) groups excluding carboxylic acids is 2. The predicted molar refractivity (Wildman–Crippen MR) is 122 cm³/mol. The third-order valence-corrected chi connectivity index (χ3v) is 7.42. The fourth-order valence-electron chi connectivity index (χ4n) is 4.23. The van der Waals surface area contributed by atoms with Crippen molar-refractivity contribution in [3.05, 3.63) is 48.0 Å². The number of amides is 2. The lowest BCUT2D eigenvalue weighted by atomic mass is 10.2. The number of benzene rings is 2. The van der Waals surface area contributed by atoms with E-state index in [1.165, 1.54) is 25.3 Å². The predicted octanol–water partition coefficient (Wildman–Crippen LogP) is 3.30. The Bertz CT molecular complexity index is 1130. The van der Waals surface area contributed by atoms with E-state index >= 15 is 0 Å². The Morgan fingerprint density at radius 1 is 1.09 bits per heavy atom. The van der Waals surface area contributed by atoms with Crippen LogP contribution in [0.15, 0.2) is 47.4 Å². The molecule has 2 amide bonds. The monoisotopic (exact) mass is 457 g/mol. The van der Waals surface area contributed by atoms with Gasteiger partial charge in [-0.25, -0.2) is 13.1 Å². The standard InChI is InChI=1S/C23H27N3O5S/c1-31-20-12-11-16(14-21(20)32(29,30)25-17-6-2-3-7-17)23(28)24-18-8-4-9-19(15-18)26-13-5-10-22(26)27/h4,8-9,11-12,14-15,17,25H,2-3,5-7,10,13H2,1H3,(H,24,28). The Labute approximate surface area is 188 Å². The number of ether oxygens (including phenoxy) is 1. The molecule has 0 unspecified atom stereocenters. The van der Waals surface area contributed by atoms with Crippen LogP contribution in [0.4, 0.5) is 11.4 Å². The Morgan fingerprint density at radius 2 is 1.88 bits per heavy atom. The molecule has 1 saturated heterocycles. The molecule has 0 radical (unpaired) electrons. The van der Waals surface area contributed by atoms with Crippen molar-refractivity contribution in [2.75, 3.05) is 23.9 Å². The summed E-state index contributed by atoms with van der Waals surface area (Å²) >= 11 is 0. The summed E-state index contributed by atoms with van der Waals surface area (Å²) in [6, 6.07) is 11.3. The molecule has 2 aromatic rings. The molecular weight excluding hydrogens is 430 g/mol. The molecule has 2 aromatic carbocycles. The van der Waals surface area contributed by atoms with Crippen molar-refractivity contribution >= 4 is 33.2 Å². The molecule has 2 N–H and O–H groups in total. The summed E-state index contributed by atoms with van der Waals surface area (Å²) in [5.41, 5.74) is 1.45. The van der Waals surface area contributed by atoms with Crippen LogP contribution >= 0.6 is 0 Å².